The highest BCUT2D eigenvalue weighted by atomic mass is 16.2. The highest BCUT2D eigenvalue weighted by molar-refractivity contribution is 6.21. The van der Waals surface area contributed by atoms with E-state index >= 15 is 0 Å². The maximum atomic E-state index is 13.0. The number of hydrogen-bond donors (Lipinski definition) is 0. The van der Waals surface area contributed by atoms with Gasteiger partial charge in [0, 0.05) is 31.7 Å². The Morgan fingerprint density at radius 3 is 2.39 bits per heavy atom. The van der Waals surface area contributed by atoms with Gasteiger partial charge >= 0.3 is 0 Å². The lowest BCUT2D eigenvalue weighted by atomic mass is 9.84. The van der Waals surface area contributed by atoms with Crippen LogP contribution in [0, 0.1) is 5.92 Å². The SMILES string of the molecule is O=C1N=C(N2CCN(C(=O)c3ccc(C4CCCCC4)cc3)CC2)N=C2C=CC=CC12. The predicted molar refractivity (Wildman–Crippen MR) is 121 cm³/mol. The lowest BCUT2D eigenvalue weighted by Gasteiger charge is -2.36. The van der Waals surface area contributed by atoms with Gasteiger partial charge in [-0.1, -0.05) is 49.6 Å². The first-order valence-corrected chi connectivity index (χ1v) is 11.4. The number of allylic oxidation sites excluding steroid dienone is 3. The molecule has 0 N–H and O–H groups in total. The van der Waals surface area contributed by atoms with Crippen molar-refractivity contribution >= 4 is 23.5 Å². The number of benzene rings is 1. The van der Waals surface area contributed by atoms with E-state index in [1.165, 1.54) is 37.7 Å². The normalized spacial score (nSPS) is 24.0. The second-order valence-corrected chi connectivity index (χ2v) is 8.74. The lowest BCUT2D eigenvalue weighted by Crippen LogP contribution is -2.51. The van der Waals surface area contributed by atoms with Crippen LogP contribution in [0.4, 0.5) is 0 Å². The number of carbonyl (C=O) groups is 2. The third kappa shape index (κ3) is 4.11. The minimum atomic E-state index is -0.354. The third-order valence-electron chi connectivity index (χ3n) is 6.79. The number of nitrogens with zero attached hydrogens (tertiary/aromatic N) is 4. The fraction of sp³-hybridized carbons (Fsp3) is 0.440. The Bertz CT molecular complexity index is 975. The van der Waals surface area contributed by atoms with Gasteiger partial charge in [-0.3, -0.25) is 9.59 Å². The van der Waals surface area contributed by atoms with E-state index in [1.807, 2.05) is 46.2 Å². The Hall–Kier alpha value is -3.02. The van der Waals surface area contributed by atoms with Crippen LogP contribution in [-0.4, -0.2) is 59.5 Å². The van der Waals surface area contributed by atoms with Crippen LogP contribution in [0.25, 0.3) is 0 Å². The molecular formula is C25H28N4O2. The van der Waals surface area contributed by atoms with Gasteiger partial charge in [0.25, 0.3) is 11.8 Å². The van der Waals surface area contributed by atoms with Gasteiger partial charge in [0.05, 0.1) is 5.71 Å². The summed E-state index contributed by atoms with van der Waals surface area (Å²) < 4.78 is 0. The summed E-state index contributed by atoms with van der Waals surface area (Å²) >= 11 is 0. The summed E-state index contributed by atoms with van der Waals surface area (Å²) in [7, 11) is 0. The summed E-state index contributed by atoms with van der Waals surface area (Å²) in [5, 5.41) is 0. The van der Waals surface area contributed by atoms with Gasteiger partial charge in [-0.05, 0) is 42.5 Å². The summed E-state index contributed by atoms with van der Waals surface area (Å²) in [4.78, 5) is 38.0. The van der Waals surface area contributed by atoms with Crippen LogP contribution in [-0.2, 0) is 4.79 Å². The molecule has 0 bridgehead atoms. The van der Waals surface area contributed by atoms with Crippen LogP contribution >= 0.6 is 0 Å². The minimum absolute atomic E-state index is 0.0724. The number of guanidine groups is 1. The summed E-state index contributed by atoms with van der Waals surface area (Å²) in [6, 6.07) is 8.25. The van der Waals surface area contributed by atoms with Gasteiger partial charge in [-0.25, -0.2) is 4.99 Å². The van der Waals surface area contributed by atoms with Crippen molar-refractivity contribution in [1.82, 2.24) is 9.80 Å². The first-order chi connectivity index (χ1) is 15.2. The van der Waals surface area contributed by atoms with Gasteiger partial charge in [0.2, 0.25) is 5.96 Å². The molecule has 6 heteroatoms. The number of piperazine rings is 1. The Morgan fingerprint density at radius 1 is 0.903 bits per heavy atom. The van der Waals surface area contributed by atoms with Gasteiger partial charge in [-0.15, -0.1) is 0 Å². The van der Waals surface area contributed by atoms with Crippen molar-refractivity contribution in [2.75, 3.05) is 26.2 Å². The van der Waals surface area contributed by atoms with E-state index in [-0.39, 0.29) is 17.7 Å². The minimum Gasteiger partial charge on any atom is -0.337 e. The van der Waals surface area contributed by atoms with Crippen molar-refractivity contribution in [3.05, 3.63) is 59.7 Å². The van der Waals surface area contributed by atoms with E-state index in [4.69, 9.17) is 0 Å². The van der Waals surface area contributed by atoms with E-state index in [0.29, 0.717) is 38.1 Å². The molecule has 2 fully saturated rings. The fourth-order valence-corrected chi connectivity index (χ4v) is 4.92. The van der Waals surface area contributed by atoms with Gasteiger partial charge < -0.3 is 9.80 Å². The molecule has 1 atom stereocenters. The zero-order chi connectivity index (χ0) is 21.2. The highest BCUT2D eigenvalue weighted by Gasteiger charge is 2.30. The van der Waals surface area contributed by atoms with E-state index in [2.05, 4.69) is 22.1 Å². The average molecular weight is 417 g/mol. The smallest absolute Gasteiger partial charge is 0.261 e. The molecule has 0 aromatic heterocycles. The molecule has 4 aliphatic rings. The standard InChI is InChI=1S/C25H28N4O2/c30-23-21-8-4-5-9-22(21)26-25(27-23)29-16-14-28(15-17-29)24(31)20-12-10-19(11-13-20)18-6-2-1-3-7-18/h4-5,8-13,18,21H,1-3,6-7,14-17H2. The molecule has 1 aromatic carbocycles. The van der Waals surface area contributed by atoms with E-state index in [9.17, 15) is 9.59 Å². The maximum absolute atomic E-state index is 13.0. The molecule has 2 amide bonds. The monoisotopic (exact) mass is 416 g/mol. The van der Waals surface area contributed by atoms with E-state index in [0.717, 1.165) is 11.3 Å². The Balaban J connectivity index is 1.20. The number of fused-ring (bicyclic) bond motifs is 1. The molecular weight excluding hydrogens is 388 g/mol. The predicted octanol–water partition coefficient (Wildman–Crippen LogP) is 3.57. The largest absolute Gasteiger partial charge is 0.337 e. The first-order valence-electron chi connectivity index (χ1n) is 11.4. The number of carbonyl (C=O) groups excluding carboxylic acids is 2. The van der Waals surface area contributed by atoms with Crippen LogP contribution in [0.15, 0.2) is 58.6 Å². The number of aliphatic imine (C=N–C) groups is 2. The summed E-state index contributed by atoms with van der Waals surface area (Å²) in [6.45, 7) is 2.44. The van der Waals surface area contributed by atoms with Crippen molar-refractivity contribution in [2.45, 2.75) is 38.0 Å². The van der Waals surface area contributed by atoms with Gasteiger partial charge in [0.15, 0.2) is 0 Å². The van der Waals surface area contributed by atoms with Crippen LogP contribution in [0.2, 0.25) is 0 Å². The molecule has 31 heavy (non-hydrogen) atoms. The molecule has 0 spiro atoms. The second-order valence-electron chi connectivity index (χ2n) is 8.74. The van der Waals surface area contributed by atoms with Crippen LogP contribution in [0.1, 0.15) is 53.9 Å². The number of rotatable bonds is 2. The molecule has 2 heterocycles. The van der Waals surface area contributed by atoms with E-state index in [1.54, 1.807) is 0 Å². The topological polar surface area (TPSA) is 65.3 Å². The van der Waals surface area contributed by atoms with Crippen molar-refractivity contribution in [2.24, 2.45) is 15.9 Å². The van der Waals surface area contributed by atoms with Crippen molar-refractivity contribution in [1.29, 1.82) is 0 Å². The summed E-state index contributed by atoms with van der Waals surface area (Å²) in [5.74, 6) is 0.671. The molecule has 160 valence electrons. The second kappa shape index (κ2) is 8.61. The fourth-order valence-electron chi connectivity index (χ4n) is 4.92. The molecule has 1 saturated heterocycles. The number of hydrogen-bond acceptors (Lipinski definition) is 4. The Kier molecular flexibility index (Phi) is 5.53. The van der Waals surface area contributed by atoms with Crippen molar-refractivity contribution < 1.29 is 9.59 Å². The van der Waals surface area contributed by atoms with Crippen molar-refractivity contribution in [3.63, 3.8) is 0 Å². The molecule has 5 rings (SSSR count). The molecule has 0 radical (unpaired) electrons. The molecule has 1 unspecified atom stereocenters. The molecule has 2 aliphatic heterocycles. The quantitative estimate of drug-likeness (QED) is 0.740. The zero-order valence-corrected chi connectivity index (χ0v) is 17.7. The molecule has 1 saturated carbocycles. The van der Waals surface area contributed by atoms with Crippen LogP contribution in [0.3, 0.4) is 0 Å². The molecule has 1 aromatic rings. The first kappa shape index (κ1) is 19.9. The third-order valence-corrected chi connectivity index (χ3v) is 6.79. The molecule has 6 nitrogen and oxygen atoms in total. The van der Waals surface area contributed by atoms with Crippen LogP contribution in [0.5, 0.6) is 0 Å². The van der Waals surface area contributed by atoms with Gasteiger partial charge in [-0.2, -0.15) is 4.99 Å². The van der Waals surface area contributed by atoms with Crippen molar-refractivity contribution in [3.8, 4) is 0 Å². The maximum Gasteiger partial charge on any atom is 0.261 e. The summed E-state index contributed by atoms with van der Waals surface area (Å²) in [5.41, 5.74) is 2.86. The van der Waals surface area contributed by atoms with E-state index < -0.39 is 0 Å². The molecule has 2 aliphatic carbocycles. The summed E-state index contributed by atoms with van der Waals surface area (Å²) in [6.07, 6.45) is 13.9. The Morgan fingerprint density at radius 2 is 1.65 bits per heavy atom. The lowest BCUT2D eigenvalue weighted by molar-refractivity contribution is -0.118. The van der Waals surface area contributed by atoms with Crippen LogP contribution < -0.4 is 0 Å². The van der Waals surface area contributed by atoms with Gasteiger partial charge in [0.1, 0.15) is 5.92 Å². The Labute approximate surface area is 183 Å². The average Bonchev–Trinajstić information content (AvgIpc) is 2.84. The number of amides is 2. The zero-order valence-electron chi connectivity index (χ0n) is 17.7. The highest BCUT2D eigenvalue weighted by Crippen LogP contribution is 2.32.